The second kappa shape index (κ2) is 17.2. The zero-order chi connectivity index (χ0) is 21.2. The molecule has 0 radical (unpaired) electrons. The van der Waals surface area contributed by atoms with E-state index in [0.29, 0.717) is 13.2 Å². The molecule has 0 amide bonds. The maximum Gasteiger partial charge on any atom is 0.302 e. The van der Waals surface area contributed by atoms with Crippen LogP contribution in [0, 0.1) is 0 Å². The summed E-state index contributed by atoms with van der Waals surface area (Å²) in [6.45, 7) is 15.2. The van der Waals surface area contributed by atoms with Gasteiger partial charge < -0.3 is 9.47 Å². The number of esters is 2. The molecule has 0 aliphatic heterocycles. The second-order valence-electron chi connectivity index (χ2n) is 6.39. The van der Waals surface area contributed by atoms with Gasteiger partial charge in [-0.05, 0) is 25.1 Å². The summed E-state index contributed by atoms with van der Waals surface area (Å²) in [5, 5.41) is 0. The molecule has 160 valence electrons. The monoisotopic (exact) mass is 394 g/mol. The molecule has 0 aromatic heterocycles. The first-order valence-corrected chi connectivity index (χ1v) is 10.2. The number of carbonyl (C=O) groups excluding carboxylic acids is 2. The van der Waals surface area contributed by atoms with Crippen LogP contribution in [0.2, 0.25) is 0 Å². The zero-order valence-corrected chi connectivity index (χ0v) is 18.3. The van der Waals surface area contributed by atoms with Gasteiger partial charge in [0, 0.05) is 40.0 Å². The Morgan fingerprint density at radius 3 is 1.46 bits per heavy atom. The maximum absolute atomic E-state index is 10.7. The van der Waals surface area contributed by atoms with Gasteiger partial charge in [-0.2, -0.15) is 0 Å². The summed E-state index contributed by atoms with van der Waals surface area (Å²) in [7, 11) is 0. The molecular formula is C22H38N2O4. The molecule has 0 saturated carbocycles. The highest BCUT2D eigenvalue weighted by atomic mass is 16.5. The molecule has 0 spiro atoms. The number of rotatable bonds is 12. The third-order valence-electron chi connectivity index (χ3n) is 4.30. The van der Waals surface area contributed by atoms with E-state index in [4.69, 9.17) is 9.47 Å². The molecule has 6 nitrogen and oxygen atoms in total. The molecule has 0 N–H and O–H groups in total. The van der Waals surface area contributed by atoms with E-state index in [1.54, 1.807) is 0 Å². The van der Waals surface area contributed by atoms with E-state index in [1.165, 1.54) is 19.4 Å². The Morgan fingerprint density at radius 2 is 1.18 bits per heavy atom. The molecule has 0 heterocycles. The van der Waals surface area contributed by atoms with Crippen molar-refractivity contribution in [1.82, 2.24) is 9.80 Å². The van der Waals surface area contributed by atoms with Crippen molar-refractivity contribution in [3.63, 3.8) is 0 Å². The van der Waals surface area contributed by atoms with Crippen molar-refractivity contribution in [3.8, 4) is 0 Å². The second-order valence-corrected chi connectivity index (χ2v) is 6.39. The number of aryl methyl sites for hydroxylation is 1. The van der Waals surface area contributed by atoms with E-state index >= 15 is 0 Å². The lowest BCUT2D eigenvalue weighted by Crippen LogP contribution is -2.38. The normalized spacial score (nSPS) is 10.4. The quantitative estimate of drug-likeness (QED) is 0.508. The minimum absolute atomic E-state index is 0.238. The summed E-state index contributed by atoms with van der Waals surface area (Å²) in [5.41, 5.74) is 1.41. The van der Waals surface area contributed by atoms with Gasteiger partial charge in [0.05, 0.1) is 0 Å². The van der Waals surface area contributed by atoms with Crippen LogP contribution < -0.4 is 0 Å². The summed E-state index contributed by atoms with van der Waals surface area (Å²) in [6, 6.07) is 10.5. The largest absolute Gasteiger partial charge is 0.465 e. The Bertz CT molecular complexity index is 495. The van der Waals surface area contributed by atoms with E-state index in [1.807, 2.05) is 6.07 Å². The van der Waals surface area contributed by atoms with Crippen molar-refractivity contribution in [3.05, 3.63) is 35.9 Å². The Kier molecular flexibility index (Phi) is 16.0. The summed E-state index contributed by atoms with van der Waals surface area (Å²) < 4.78 is 9.89. The molecule has 0 atom stereocenters. The first-order chi connectivity index (χ1) is 13.4. The molecule has 0 bridgehead atoms. The highest BCUT2D eigenvalue weighted by molar-refractivity contribution is 5.66. The van der Waals surface area contributed by atoms with E-state index < -0.39 is 0 Å². The Labute approximate surface area is 170 Å². The van der Waals surface area contributed by atoms with Gasteiger partial charge in [0.1, 0.15) is 13.2 Å². The lowest BCUT2D eigenvalue weighted by atomic mass is 10.2. The predicted octanol–water partition coefficient (Wildman–Crippen LogP) is 3.01. The minimum atomic E-state index is -0.238. The fourth-order valence-electron chi connectivity index (χ4n) is 2.49. The van der Waals surface area contributed by atoms with E-state index in [9.17, 15) is 9.59 Å². The smallest absolute Gasteiger partial charge is 0.302 e. The van der Waals surface area contributed by atoms with Crippen LogP contribution in [0.3, 0.4) is 0 Å². The molecule has 0 aliphatic carbocycles. The predicted molar refractivity (Wildman–Crippen MR) is 113 cm³/mol. The van der Waals surface area contributed by atoms with Gasteiger partial charge in [-0.3, -0.25) is 19.4 Å². The molecule has 6 heteroatoms. The van der Waals surface area contributed by atoms with Crippen LogP contribution in [0.1, 0.15) is 40.2 Å². The van der Waals surface area contributed by atoms with Crippen molar-refractivity contribution in [2.45, 2.75) is 41.0 Å². The first-order valence-electron chi connectivity index (χ1n) is 10.2. The van der Waals surface area contributed by atoms with Crippen LogP contribution in [-0.2, 0) is 25.5 Å². The van der Waals surface area contributed by atoms with Crippen molar-refractivity contribution in [2.75, 3.05) is 52.5 Å². The Hall–Kier alpha value is -1.92. The van der Waals surface area contributed by atoms with Crippen molar-refractivity contribution in [2.24, 2.45) is 0 Å². The highest BCUT2D eigenvalue weighted by Gasteiger charge is 2.08. The van der Waals surface area contributed by atoms with Gasteiger partial charge in [-0.15, -0.1) is 0 Å². The van der Waals surface area contributed by atoms with E-state index in [-0.39, 0.29) is 11.9 Å². The van der Waals surface area contributed by atoms with Crippen LogP contribution in [-0.4, -0.2) is 74.2 Å². The topological polar surface area (TPSA) is 59.1 Å². The number of nitrogens with zero attached hydrogens (tertiary/aromatic N) is 2. The van der Waals surface area contributed by atoms with Crippen molar-refractivity contribution >= 4 is 11.9 Å². The lowest BCUT2D eigenvalue weighted by Gasteiger charge is -2.25. The maximum atomic E-state index is 10.7. The fourth-order valence-corrected chi connectivity index (χ4v) is 2.49. The molecular weight excluding hydrogens is 356 g/mol. The Balaban J connectivity index is 0.000000749. The van der Waals surface area contributed by atoms with Crippen molar-refractivity contribution < 1.29 is 19.1 Å². The minimum Gasteiger partial charge on any atom is -0.465 e. The van der Waals surface area contributed by atoms with Crippen LogP contribution in [0.5, 0.6) is 0 Å². The lowest BCUT2D eigenvalue weighted by molar-refractivity contribution is -0.142. The summed E-state index contributed by atoms with van der Waals surface area (Å²) >= 11 is 0. The molecule has 1 aromatic carbocycles. The third kappa shape index (κ3) is 15.2. The number of carbonyl (C=O) groups is 2. The fraction of sp³-hybridized carbons (Fsp3) is 0.636. The number of ether oxygens (including phenoxy) is 2. The molecule has 1 rings (SSSR count). The highest BCUT2D eigenvalue weighted by Crippen LogP contribution is 1.97. The molecule has 1 aromatic rings. The standard InChI is InChI=1S/C14H28N2O4.C8H10/c1-5-15(9-11-19-13(3)17)7-8-16(6-2)10-12-20-14(4)18;1-2-8-6-4-3-5-7-8/h5-12H2,1-4H3;3-7H,2H2,1H3. The summed E-state index contributed by atoms with van der Waals surface area (Å²) in [5.74, 6) is -0.477. The number of benzene rings is 1. The number of likely N-dealkylation sites (N-methyl/N-ethyl adjacent to an activating group) is 2. The summed E-state index contributed by atoms with van der Waals surface area (Å²) in [6.07, 6.45) is 1.14. The van der Waals surface area contributed by atoms with Gasteiger partial charge in [0.15, 0.2) is 0 Å². The molecule has 0 fully saturated rings. The van der Waals surface area contributed by atoms with Gasteiger partial charge in [-0.1, -0.05) is 51.1 Å². The number of hydrogen-bond donors (Lipinski definition) is 0. The van der Waals surface area contributed by atoms with Crippen LogP contribution in [0.4, 0.5) is 0 Å². The molecule has 0 unspecified atom stereocenters. The van der Waals surface area contributed by atoms with Crippen LogP contribution in [0.15, 0.2) is 30.3 Å². The Morgan fingerprint density at radius 1 is 0.750 bits per heavy atom. The van der Waals surface area contributed by atoms with Gasteiger partial charge in [0.2, 0.25) is 0 Å². The zero-order valence-electron chi connectivity index (χ0n) is 18.3. The van der Waals surface area contributed by atoms with Gasteiger partial charge in [0.25, 0.3) is 0 Å². The van der Waals surface area contributed by atoms with Crippen LogP contribution in [0.25, 0.3) is 0 Å². The molecule has 0 saturated heterocycles. The average molecular weight is 395 g/mol. The van der Waals surface area contributed by atoms with Gasteiger partial charge in [-0.25, -0.2) is 0 Å². The third-order valence-corrected chi connectivity index (χ3v) is 4.30. The van der Waals surface area contributed by atoms with E-state index in [2.05, 4.69) is 54.8 Å². The SMILES string of the molecule is CCN(CCOC(C)=O)CCN(CC)CCOC(C)=O.CCc1ccccc1. The summed E-state index contributed by atoms with van der Waals surface area (Å²) in [4.78, 5) is 25.9. The first kappa shape index (κ1) is 26.1. The van der Waals surface area contributed by atoms with Gasteiger partial charge >= 0.3 is 11.9 Å². The number of hydrogen-bond acceptors (Lipinski definition) is 6. The van der Waals surface area contributed by atoms with Crippen molar-refractivity contribution in [1.29, 1.82) is 0 Å². The average Bonchev–Trinajstić information content (AvgIpc) is 2.69. The molecule has 28 heavy (non-hydrogen) atoms. The van der Waals surface area contributed by atoms with Crippen LogP contribution >= 0.6 is 0 Å². The molecule has 0 aliphatic rings. The van der Waals surface area contributed by atoms with E-state index in [0.717, 1.165) is 45.7 Å².